The van der Waals surface area contributed by atoms with Crippen LogP contribution in [0.25, 0.3) is 11.5 Å². The average Bonchev–Trinajstić information content (AvgIpc) is 3.17. The summed E-state index contributed by atoms with van der Waals surface area (Å²) in [5.74, 6) is 0.0573. The van der Waals surface area contributed by atoms with Gasteiger partial charge in [0.15, 0.2) is 0 Å². The molecule has 0 saturated heterocycles. The molecule has 0 aliphatic heterocycles. The van der Waals surface area contributed by atoms with E-state index in [1.807, 2.05) is 30.3 Å². The van der Waals surface area contributed by atoms with Gasteiger partial charge in [-0.3, -0.25) is 4.79 Å². The maximum atomic E-state index is 11.8. The zero-order valence-corrected chi connectivity index (χ0v) is 13.1. The molecular formula is C16H16N2O4S. The third-order valence-corrected chi connectivity index (χ3v) is 4.56. The summed E-state index contributed by atoms with van der Waals surface area (Å²) in [7, 11) is 0. The Kier molecular flexibility index (Phi) is 4.38. The Morgan fingerprint density at radius 1 is 1.30 bits per heavy atom. The van der Waals surface area contributed by atoms with E-state index in [2.05, 4.69) is 10.3 Å². The number of amides is 1. The Hall–Kier alpha value is -2.28. The third-order valence-electron chi connectivity index (χ3n) is 3.59. The number of oxazole rings is 1. The number of carboxylic acid groups (broad SMARTS) is 1. The molecule has 1 aromatic heterocycles. The first-order valence-electron chi connectivity index (χ1n) is 7.21. The molecule has 1 aliphatic carbocycles. The van der Waals surface area contributed by atoms with Crippen molar-refractivity contribution in [3.63, 3.8) is 0 Å². The van der Waals surface area contributed by atoms with Crippen LogP contribution in [0.5, 0.6) is 0 Å². The number of carbonyl (C=O) groups excluding carboxylic acids is 1. The van der Waals surface area contributed by atoms with Gasteiger partial charge in [0.25, 0.3) is 0 Å². The first kappa shape index (κ1) is 15.6. The van der Waals surface area contributed by atoms with E-state index in [4.69, 9.17) is 9.52 Å². The molecule has 0 atom stereocenters. The van der Waals surface area contributed by atoms with E-state index in [0.717, 1.165) is 11.3 Å². The number of aromatic nitrogens is 1. The molecule has 23 heavy (non-hydrogen) atoms. The number of hydrogen-bond donors (Lipinski definition) is 2. The van der Waals surface area contributed by atoms with Crippen LogP contribution < -0.4 is 5.32 Å². The van der Waals surface area contributed by atoms with Gasteiger partial charge < -0.3 is 14.8 Å². The number of thioether (sulfide) groups is 1. The highest BCUT2D eigenvalue weighted by Crippen LogP contribution is 2.35. The number of aliphatic carboxylic acids is 1. The summed E-state index contributed by atoms with van der Waals surface area (Å²) in [6.07, 6.45) is 2.58. The molecule has 1 saturated carbocycles. The predicted octanol–water partition coefficient (Wildman–Crippen LogP) is 2.31. The maximum absolute atomic E-state index is 11.8. The van der Waals surface area contributed by atoms with Crippen LogP contribution in [-0.4, -0.2) is 33.3 Å². The molecule has 1 aromatic carbocycles. The Morgan fingerprint density at radius 3 is 2.70 bits per heavy atom. The molecule has 6 nitrogen and oxygen atoms in total. The van der Waals surface area contributed by atoms with Gasteiger partial charge in [-0.2, -0.15) is 0 Å². The van der Waals surface area contributed by atoms with E-state index in [0.29, 0.717) is 24.5 Å². The Balaban J connectivity index is 1.47. The van der Waals surface area contributed by atoms with Gasteiger partial charge in [-0.05, 0) is 25.0 Å². The van der Waals surface area contributed by atoms with Crippen LogP contribution in [0.3, 0.4) is 0 Å². The maximum Gasteiger partial charge on any atom is 0.329 e. The van der Waals surface area contributed by atoms with Crippen LogP contribution >= 0.6 is 11.8 Å². The molecule has 0 unspecified atom stereocenters. The van der Waals surface area contributed by atoms with Gasteiger partial charge in [0, 0.05) is 11.3 Å². The van der Waals surface area contributed by atoms with E-state index in [-0.39, 0.29) is 11.7 Å². The minimum atomic E-state index is -1.02. The molecular weight excluding hydrogens is 316 g/mol. The van der Waals surface area contributed by atoms with E-state index in [1.165, 1.54) is 11.8 Å². The van der Waals surface area contributed by atoms with E-state index in [1.54, 1.807) is 6.26 Å². The van der Waals surface area contributed by atoms with Crippen LogP contribution in [0.4, 0.5) is 0 Å². The van der Waals surface area contributed by atoms with Gasteiger partial charge >= 0.3 is 5.97 Å². The van der Waals surface area contributed by atoms with Crippen LogP contribution in [0, 0.1) is 0 Å². The van der Waals surface area contributed by atoms with Crippen molar-refractivity contribution in [1.29, 1.82) is 0 Å². The van der Waals surface area contributed by atoms with Crippen LogP contribution in [0.15, 0.2) is 41.0 Å². The zero-order valence-electron chi connectivity index (χ0n) is 12.3. The highest BCUT2D eigenvalue weighted by atomic mass is 32.2. The third kappa shape index (κ3) is 3.73. The number of benzene rings is 1. The van der Waals surface area contributed by atoms with Crippen molar-refractivity contribution in [1.82, 2.24) is 10.3 Å². The molecule has 120 valence electrons. The standard InChI is InChI=1S/C16H16N2O4S/c19-13(18-16(6-7-16)15(20)21)10-23-9-12-8-22-14(17-12)11-4-2-1-3-5-11/h1-5,8H,6-7,9-10H2,(H,18,19)(H,20,21). The number of hydrogen-bond acceptors (Lipinski definition) is 5. The van der Waals surface area contributed by atoms with Crippen molar-refractivity contribution >= 4 is 23.6 Å². The first-order chi connectivity index (χ1) is 11.1. The lowest BCUT2D eigenvalue weighted by Crippen LogP contribution is -2.43. The molecule has 1 heterocycles. The monoisotopic (exact) mass is 332 g/mol. The molecule has 0 spiro atoms. The molecule has 2 N–H and O–H groups in total. The quantitative estimate of drug-likeness (QED) is 0.808. The van der Waals surface area contributed by atoms with Crippen molar-refractivity contribution in [3.05, 3.63) is 42.3 Å². The lowest BCUT2D eigenvalue weighted by Gasteiger charge is -2.11. The van der Waals surface area contributed by atoms with Gasteiger partial charge in [0.1, 0.15) is 11.8 Å². The fraction of sp³-hybridized carbons (Fsp3) is 0.312. The van der Waals surface area contributed by atoms with Crippen LogP contribution in [0.1, 0.15) is 18.5 Å². The minimum Gasteiger partial charge on any atom is -0.480 e. The topological polar surface area (TPSA) is 92.4 Å². The molecule has 1 amide bonds. The van der Waals surface area contributed by atoms with Crippen molar-refractivity contribution in [2.75, 3.05) is 5.75 Å². The van der Waals surface area contributed by atoms with Crippen molar-refractivity contribution in [2.24, 2.45) is 0 Å². The lowest BCUT2D eigenvalue weighted by molar-refractivity contribution is -0.142. The SMILES string of the molecule is O=C(CSCc1coc(-c2ccccc2)n1)NC1(C(=O)O)CC1. The summed E-state index contributed by atoms with van der Waals surface area (Å²) < 4.78 is 5.43. The highest BCUT2D eigenvalue weighted by molar-refractivity contribution is 7.99. The smallest absolute Gasteiger partial charge is 0.329 e. The van der Waals surface area contributed by atoms with Gasteiger partial charge in [-0.15, -0.1) is 11.8 Å². The second kappa shape index (κ2) is 6.45. The zero-order chi connectivity index (χ0) is 16.3. The predicted molar refractivity (Wildman–Crippen MR) is 85.8 cm³/mol. The van der Waals surface area contributed by atoms with Gasteiger partial charge in [0.2, 0.25) is 11.8 Å². The van der Waals surface area contributed by atoms with E-state index >= 15 is 0 Å². The highest BCUT2D eigenvalue weighted by Gasteiger charge is 2.51. The molecule has 0 radical (unpaired) electrons. The second-order valence-corrected chi connectivity index (χ2v) is 6.42. The Morgan fingerprint density at radius 2 is 2.04 bits per heavy atom. The molecule has 1 aliphatic rings. The van der Waals surface area contributed by atoms with Crippen LogP contribution in [-0.2, 0) is 15.3 Å². The number of carbonyl (C=O) groups is 2. The summed E-state index contributed by atoms with van der Waals surface area (Å²) in [5.41, 5.74) is 0.631. The number of nitrogens with one attached hydrogen (secondary N) is 1. The van der Waals surface area contributed by atoms with Gasteiger partial charge in [-0.1, -0.05) is 18.2 Å². The summed E-state index contributed by atoms with van der Waals surface area (Å²) in [6.45, 7) is 0. The summed E-state index contributed by atoms with van der Waals surface area (Å²) >= 11 is 1.38. The molecule has 1 fully saturated rings. The Labute approximate surface area is 137 Å². The lowest BCUT2D eigenvalue weighted by atomic mass is 10.2. The summed E-state index contributed by atoms with van der Waals surface area (Å²) in [6, 6.07) is 9.57. The normalized spacial score (nSPS) is 15.1. The number of rotatable bonds is 7. The Bertz CT molecular complexity index is 710. The number of carboxylic acids is 1. The minimum absolute atomic E-state index is 0.197. The largest absolute Gasteiger partial charge is 0.480 e. The van der Waals surface area contributed by atoms with Crippen molar-refractivity contribution in [3.8, 4) is 11.5 Å². The van der Waals surface area contributed by atoms with E-state index < -0.39 is 11.5 Å². The second-order valence-electron chi connectivity index (χ2n) is 5.44. The van der Waals surface area contributed by atoms with Gasteiger partial charge in [-0.25, -0.2) is 9.78 Å². The van der Waals surface area contributed by atoms with E-state index in [9.17, 15) is 9.59 Å². The first-order valence-corrected chi connectivity index (χ1v) is 8.36. The summed E-state index contributed by atoms with van der Waals surface area (Å²) in [4.78, 5) is 27.2. The summed E-state index contributed by atoms with van der Waals surface area (Å²) in [5, 5.41) is 11.6. The molecule has 3 rings (SSSR count). The molecule has 2 aromatic rings. The van der Waals surface area contributed by atoms with Crippen LogP contribution in [0.2, 0.25) is 0 Å². The van der Waals surface area contributed by atoms with Crippen molar-refractivity contribution < 1.29 is 19.1 Å². The number of nitrogens with zero attached hydrogens (tertiary/aromatic N) is 1. The fourth-order valence-electron chi connectivity index (χ4n) is 2.16. The average molecular weight is 332 g/mol. The van der Waals surface area contributed by atoms with Gasteiger partial charge in [0.05, 0.1) is 11.4 Å². The van der Waals surface area contributed by atoms with Crippen molar-refractivity contribution in [2.45, 2.75) is 24.1 Å². The molecule has 0 bridgehead atoms. The fourth-order valence-corrected chi connectivity index (χ4v) is 2.86. The molecule has 7 heteroatoms.